The van der Waals surface area contributed by atoms with E-state index >= 15 is 0 Å². The van der Waals surface area contributed by atoms with Crippen molar-refractivity contribution >= 4 is 28.9 Å². The maximum Gasteiger partial charge on any atom is 0.341 e. The minimum atomic E-state index is -0.360. The third-order valence-electron chi connectivity index (χ3n) is 3.75. The molecule has 0 radical (unpaired) electrons. The molecule has 2 heterocycles. The molecule has 0 atom stereocenters. The van der Waals surface area contributed by atoms with Crippen LogP contribution in [0, 0.1) is 13.8 Å². The maximum absolute atomic E-state index is 11.7. The zero-order chi connectivity index (χ0) is 18.0. The summed E-state index contributed by atoms with van der Waals surface area (Å²) in [6, 6.07) is 5.91. The van der Waals surface area contributed by atoms with Gasteiger partial charge in [-0.15, -0.1) is 11.3 Å². The monoisotopic (exact) mass is 375 g/mol. The Morgan fingerprint density at radius 1 is 1.36 bits per heavy atom. The molecule has 7 heteroatoms. The van der Waals surface area contributed by atoms with Gasteiger partial charge in [0, 0.05) is 21.7 Å². The smallest absolute Gasteiger partial charge is 0.341 e. The average molecular weight is 376 g/mol. The van der Waals surface area contributed by atoms with Crippen LogP contribution in [0.3, 0.4) is 0 Å². The molecule has 0 aliphatic carbocycles. The highest BCUT2D eigenvalue weighted by molar-refractivity contribution is 7.15. The van der Waals surface area contributed by atoms with E-state index in [0.717, 1.165) is 31.7 Å². The quantitative estimate of drug-likeness (QED) is 0.616. The Balaban J connectivity index is 1.81. The van der Waals surface area contributed by atoms with E-state index in [2.05, 4.69) is 5.10 Å². The maximum atomic E-state index is 11.7. The molecule has 0 saturated carbocycles. The number of aryl methyl sites for hydroxylation is 2. The van der Waals surface area contributed by atoms with Crippen molar-refractivity contribution < 1.29 is 9.53 Å². The molecule has 0 aliphatic heterocycles. The number of hydrogen-bond acceptors (Lipinski definition) is 5. The topological polar surface area (TPSA) is 57.0 Å². The highest BCUT2D eigenvalue weighted by Gasteiger charge is 2.13. The van der Waals surface area contributed by atoms with Gasteiger partial charge in [-0.2, -0.15) is 5.10 Å². The second-order valence-corrected chi connectivity index (χ2v) is 7.24. The molecule has 25 heavy (non-hydrogen) atoms. The van der Waals surface area contributed by atoms with E-state index in [0.29, 0.717) is 18.7 Å². The van der Waals surface area contributed by atoms with Crippen molar-refractivity contribution in [1.29, 1.82) is 0 Å². The van der Waals surface area contributed by atoms with Crippen molar-refractivity contribution in [3.8, 4) is 10.6 Å². The van der Waals surface area contributed by atoms with Crippen LogP contribution in [0.5, 0.6) is 0 Å². The lowest BCUT2D eigenvalue weighted by Crippen LogP contribution is -2.04. The van der Waals surface area contributed by atoms with E-state index in [9.17, 15) is 4.79 Å². The van der Waals surface area contributed by atoms with Gasteiger partial charge in [0.05, 0.1) is 30.6 Å². The lowest BCUT2D eigenvalue weighted by Gasteiger charge is -2.01. The van der Waals surface area contributed by atoms with Crippen LogP contribution in [0.2, 0.25) is 5.02 Å². The highest BCUT2D eigenvalue weighted by Crippen LogP contribution is 2.30. The molecule has 0 saturated heterocycles. The van der Waals surface area contributed by atoms with Crippen molar-refractivity contribution in [3.63, 3.8) is 0 Å². The molecule has 0 fully saturated rings. The SMILES string of the molecule is CCOC(=O)c1cnn(Cc2nc(-c3ccc(Cl)c(C)c3)sc2C)c1. The van der Waals surface area contributed by atoms with Crippen LogP contribution in [0.15, 0.2) is 30.6 Å². The minimum Gasteiger partial charge on any atom is -0.462 e. The van der Waals surface area contributed by atoms with Crippen LogP contribution >= 0.6 is 22.9 Å². The Morgan fingerprint density at radius 3 is 2.88 bits per heavy atom. The van der Waals surface area contributed by atoms with E-state index in [4.69, 9.17) is 21.3 Å². The minimum absolute atomic E-state index is 0.346. The van der Waals surface area contributed by atoms with Gasteiger partial charge in [-0.1, -0.05) is 17.7 Å². The van der Waals surface area contributed by atoms with Crippen molar-refractivity contribution in [2.24, 2.45) is 0 Å². The molecule has 0 N–H and O–H groups in total. The first kappa shape index (κ1) is 17.6. The molecule has 1 aromatic carbocycles. The van der Waals surface area contributed by atoms with E-state index in [1.54, 1.807) is 29.1 Å². The number of carbonyl (C=O) groups is 1. The van der Waals surface area contributed by atoms with Gasteiger partial charge >= 0.3 is 5.97 Å². The van der Waals surface area contributed by atoms with E-state index < -0.39 is 0 Å². The summed E-state index contributed by atoms with van der Waals surface area (Å²) < 4.78 is 6.68. The van der Waals surface area contributed by atoms with Crippen molar-refractivity contribution in [2.45, 2.75) is 27.3 Å². The third kappa shape index (κ3) is 3.91. The number of nitrogens with zero attached hydrogens (tertiary/aromatic N) is 3. The van der Waals surface area contributed by atoms with Gasteiger partial charge in [0.2, 0.25) is 0 Å². The van der Waals surface area contributed by atoms with Crippen LogP contribution in [0.25, 0.3) is 10.6 Å². The van der Waals surface area contributed by atoms with Crippen molar-refractivity contribution in [3.05, 3.63) is 57.3 Å². The van der Waals surface area contributed by atoms with Crippen LogP contribution in [0.1, 0.15) is 33.4 Å². The Hall–Kier alpha value is -2.18. The normalized spacial score (nSPS) is 10.9. The van der Waals surface area contributed by atoms with Gasteiger partial charge in [-0.3, -0.25) is 4.68 Å². The van der Waals surface area contributed by atoms with E-state index in [1.807, 2.05) is 32.0 Å². The summed E-state index contributed by atoms with van der Waals surface area (Å²) in [7, 11) is 0. The van der Waals surface area contributed by atoms with Crippen LogP contribution in [0.4, 0.5) is 0 Å². The van der Waals surface area contributed by atoms with Crippen molar-refractivity contribution in [2.75, 3.05) is 6.61 Å². The zero-order valence-corrected chi connectivity index (χ0v) is 15.8. The summed E-state index contributed by atoms with van der Waals surface area (Å²) in [5.74, 6) is -0.360. The molecule has 2 aromatic heterocycles. The number of esters is 1. The summed E-state index contributed by atoms with van der Waals surface area (Å²) >= 11 is 7.73. The predicted molar refractivity (Wildman–Crippen MR) is 99.3 cm³/mol. The average Bonchev–Trinajstić information content (AvgIpc) is 3.18. The molecule has 3 aromatic rings. The summed E-state index contributed by atoms with van der Waals surface area (Å²) in [6.07, 6.45) is 3.20. The van der Waals surface area contributed by atoms with Crippen molar-refractivity contribution in [1.82, 2.24) is 14.8 Å². The second-order valence-electron chi connectivity index (χ2n) is 5.63. The standard InChI is InChI=1S/C18H18ClN3O2S/c1-4-24-18(23)14-8-20-22(9-14)10-16-12(3)25-17(21-16)13-5-6-15(19)11(2)7-13/h5-9H,4,10H2,1-3H3. The van der Waals surface area contributed by atoms with Gasteiger partial charge in [-0.25, -0.2) is 9.78 Å². The molecule has 0 aliphatic rings. The first-order valence-electron chi connectivity index (χ1n) is 7.90. The van der Waals surface area contributed by atoms with Gasteiger partial charge in [0.15, 0.2) is 0 Å². The third-order valence-corrected chi connectivity index (χ3v) is 5.24. The fraction of sp³-hybridized carbons (Fsp3) is 0.278. The summed E-state index contributed by atoms with van der Waals surface area (Å²) in [5.41, 5.74) is 3.46. The molecule has 5 nitrogen and oxygen atoms in total. The number of ether oxygens (including phenoxy) is 1. The highest BCUT2D eigenvalue weighted by atomic mass is 35.5. The second kappa shape index (κ2) is 7.37. The largest absolute Gasteiger partial charge is 0.462 e. The van der Waals surface area contributed by atoms with Gasteiger partial charge in [-0.05, 0) is 38.5 Å². The van der Waals surface area contributed by atoms with Crippen LogP contribution in [-0.2, 0) is 11.3 Å². The lowest BCUT2D eigenvalue weighted by atomic mass is 10.1. The van der Waals surface area contributed by atoms with Crippen LogP contribution < -0.4 is 0 Å². The lowest BCUT2D eigenvalue weighted by molar-refractivity contribution is 0.0526. The van der Waals surface area contributed by atoms with Gasteiger partial charge < -0.3 is 4.74 Å². The summed E-state index contributed by atoms with van der Waals surface area (Å²) in [5, 5.41) is 5.93. The summed E-state index contributed by atoms with van der Waals surface area (Å²) in [6.45, 7) is 6.65. The first-order valence-corrected chi connectivity index (χ1v) is 9.09. The molecular formula is C18H18ClN3O2S. The van der Waals surface area contributed by atoms with E-state index in [1.165, 1.54) is 6.20 Å². The van der Waals surface area contributed by atoms with E-state index in [-0.39, 0.29) is 5.97 Å². The fourth-order valence-corrected chi connectivity index (χ4v) is 3.44. The molecule has 0 bridgehead atoms. The number of thiazole rings is 1. The number of aromatic nitrogens is 3. The number of hydrogen-bond donors (Lipinski definition) is 0. The molecule has 130 valence electrons. The number of carbonyl (C=O) groups excluding carboxylic acids is 1. The molecule has 0 unspecified atom stereocenters. The molecular weight excluding hydrogens is 358 g/mol. The summed E-state index contributed by atoms with van der Waals surface area (Å²) in [4.78, 5) is 17.6. The van der Waals surface area contributed by atoms with Gasteiger partial charge in [0.25, 0.3) is 0 Å². The Labute approximate surface area is 155 Å². The molecule has 0 spiro atoms. The predicted octanol–water partition coefficient (Wildman–Crippen LogP) is 4.50. The van der Waals surface area contributed by atoms with Crippen LogP contribution in [-0.4, -0.2) is 27.3 Å². The fourth-order valence-electron chi connectivity index (χ4n) is 2.40. The number of halogens is 1. The first-order chi connectivity index (χ1) is 12.0. The van der Waals surface area contributed by atoms with Gasteiger partial charge in [0.1, 0.15) is 5.01 Å². The molecule has 3 rings (SSSR count). The Kier molecular flexibility index (Phi) is 5.20. The number of benzene rings is 1. The Morgan fingerprint density at radius 2 is 2.16 bits per heavy atom. The Bertz CT molecular complexity index is 917. The zero-order valence-electron chi connectivity index (χ0n) is 14.2. The molecule has 0 amide bonds. The number of rotatable bonds is 5.